The van der Waals surface area contributed by atoms with E-state index in [4.69, 9.17) is 20.9 Å². The van der Waals surface area contributed by atoms with Crippen molar-refractivity contribution in [2.75, 3.05) is 26.2 Å². The Morgan fingerprint density at radius 1 is 1.19 bits per heavy atom. The molecule has 1 amide bonds. The number of ether oxygens (including phenoxy) is 1. The minimum absolute atomic E-state index is 0.144. The molecule has 1 heterocycles. The van der Waals surface area contributed by atoms with Crippen LogP contribution in [0.1, 0.15) is 18.1 Å². The Labute approximate surface area is 190 Å². The van der Waals surface area contributed by atoms with E-state index in [-0.39, 0.29) is 34.9 Å². The lowest BCUT2D eigenvalue weighted by atomic mass is 10.1. The van der Waals surface area contributed by atoms with Crippen LogP contribution in [-0.2, 0) is 27.2 Å². The molecule has 11 heteroatoms. The van der Waals surface area contributed by atoms with E-state index in [1.807, 2.05) is 11.8 Å². The molecule has 0 bridgehead atoms. The quantitative estimate of drug-likeness (QED) is 0.603. The van der Waals surface area contributed by atoms with Crippen molar-refractivity contribution in [2.45, 2.75) is 25.3 Å². The van der Waals surface area contributed by atoms with Crippen LogP contribution in [0.4, 0.5) is 8.78 Å². The number of amides is 1. The molecule has 3 rings (SSSR count). The molecule has 1 atom stereocenters. The molecule has 2 aromatic carbocycles. The number of benzene rings is 2. The molecule has 174 valence electrons. The molecule has 32 heavy (non-hydrogen) atoms. The van der Waals surface area contributed by atoms with Crippen molar-refractivity contribution in [3.63, 3.8) is 0 Å². The van der Waals surface area contributed by atoms with Gasteiger partial charge in [0, 0.05) is 42.8 Å². The SMILES string of the molecule is C[C@@H]1CN(Cc2ccc(F)c(F)c2)CCN1C(=O)COc1ccc(Cl)cc1CS(=O)(=O)O. The maximum atomic E-state index is 13.4. The first-order valence-electron chi connectivity index (χ1n) is 9.84. The minimum Gasteiger partial charge on any atom is -0.483 e. The van der Waals surface area contributed by atoms with Crippen molar-refractivity contribution in [1.29, 1.82) is 0 Å². The molecule has 2 aromatic rings. The van der Waals surface area contributed by atoms with Crippen LogP contribution >= 0.6 is 11.6 Å². The summed E-state index contributed by atoms with van der Waals surface area (Å²) in [7, 11) is -4.31. The number of piperazine rings is 1. The number of hydrogen-bond donors (Lipinski definition) is 1. The number of rotatable bonds is 7. The largest absolute Gasteiger partial charge is 0.483 e. The zero-order chi connectivity index (χ0) is 23.5. The third kappa shape index (κ3) is 6.61. The predicted molar refractivity (Wildman–Crippen MR) is 115 cm³/mol. The lowest BCUT2D eigenvalue weighted by molar-refractivity contribution is -0.138. The molecule has 0 saturated carbocycles. The van der Waals surface area contributed by atoms with Crippen LogP contribution in [0.25, 0.3) is 0 Å². The third-order valence-corrected chi connectivity index (χ3v) is 6.04. The Morgan fingerprint density at radius 3 is 2.59 bits per heavy atom. The highest BCUT2D eigenvalue weighted by Gasteiger charge is 2.28. The van der Waals surface area contributed by atoms with E-state index in [0.29, 0.717) is 31.7 Å². The standard InChI is InChI=1S/C21H23ClF2N2O5S/c1-14-10-25(11-15-2-4-18(23)19(24)8-15)6-7-26(14)21(27)12-31-20-5-3-17(22)9-16(20)13-32(28,29)30/h2-5,8-9,14H,6-7,10-13H2,1H3,(H,28,29,30)/t14-/m1/s1. The Morgan fingerprint density at radius 2 is 1.94 bits per heavy atom. The van der Waals surface area contributed by atoms with E-state index in [9.17, 15) is 22.0 Å². The minimum atomic E-state index is -4.31. The van der Waals surface area contributed by atoms with E-state index in [1.165, 1.54) is 30.3 Å². The van der Waals surface area contributed by atoms with Gasteiger partial charge in [-0.25, -0.2) is 8.78 Å². The van der Waals surface area contributed by atoms with Crippen molar-refractivity contribution < 1.29 is 31.3 Å². The predicted octanol–water partition coefficient (Wildman–Crippen LogP) is 3.12. The van der Waals surface area contributed by atoms with Gasteiger partial charge in [0.1, 0.15) is 11.5 Å². The fraction of sp³-hybridized carbons (Fsp3) is 0.381. The van der Waals surface area contributed by atoms with Crippen LogP contribution in [0.3, 0.4) is 0 Å². The summed E-state index contributed by atoms with van der Waals surface area (Å²) in [5.74, 6) is -2.60. The first-order chi connectivity index (χ1) is 15.0. The summed E-state index contributed by atoms with van der Waals surface area (Å²) in [6.45, 7) is 3.51. The number of halogens is 3. The van der Waals surface area contributed by atoms with Crippen molar-refractivity contribution in [3.05, 3.63) is 64.2 Å². The molecule has 0 unspecified atom stereocenters. The lowest BCUT2D eigenvalue weighted by Crippen LogP contribution is -2.54. The zero-order valence-corrected chi connectivity index (χ0v) is 18.9. The van der Waals surface area contributed by atoms with Crippen LogP contribution in [0, 0.1) is 11.6 Å². The van der Waals surface area contributed by atoms with E-state index in [2.05, 4.69) is 0 Å². The van der Waals surface area contributed by atoms with Crippen LogP contribution in [0.5, 0.6) is 5.75 Å². The van der Waals surface area contributed by atoms with Gasteiger partial charge in [0.25, 0.3) is 16.0 Å². The van der Waals surface area contributed by atoms with Gasteiger partial charge in [0.05, 0.1) is 0 Å². The van der Waals surface area contributed by atoms with Crippen LogP contribution in [0.15, 0.2) is 36.4 Å². The van der Waals surface area contributed by atoms with Gasteiger partial charge in [-0.2, -0.15) is 8.42 Å². The maximum Gasteiger partial charge on any atom is 0.269 e. The number of hydrogen-bond acceptors (Lipinski definition) is 5. The zero-order valence-electron chi connectivity index (χ0n) is 17.3. The van der Waals surface area contributed by atoms with Gasteiger partial charge >= 0.3 is 0 Å². The molecule has 1 aliphatic heterocycles. The summed E-state index contributed by atoms with van der Waals surface area (Å²) in [5.41, 5.74) is 0.797. The molecular weight excluding hydrogens is 466 g/mol. The van der Waals surface area contributed by atoms with Crippen LogP contribution < -0.4 is 4.74 Å². The summed E-state index contributed by atoms with van der Waals surface area (Å²) in [4.78, 5) is 16.4. The van der Waals surface area contributed by atoms with Crippen LogP contribution in [-0.4, -0.2) is 61.0 Å². The molecule has 1 aliphatic rings. The molecule has 0 aromatic heterocycles. The molecule has 7 nitrogen and oxygen atoms in total. The average Bonchev–Trinajstić information content (AvgIpc) is 2.69. The molecule has 0 spiro atoms. The summed E-state index contributed by atoms with van der Waals surface area (Å²) >= 11 is 5.89. The fourth-order valence-corrected chi connectivity index (χ4v) is 4.48. The molecule has 1 N–H and O–H groups in total. The first kappa shape index (κ1) is 24.4. The summed E-state index contributed by atoms with van der Waals surface area (Å²) in [6, 6.07) is 7.94. The molecule has 0 radical (unpaired) electrons. The van der Waals surface area contributed by atoms with Gasteiger partial charge in [0.15, 0.2) is 18.2 Å². The first-order valence-corrected chi connectivity index (χ1v) is 11.8. The number of carbonyl (C=O) groups is 1. The van der Waals surface area contributed by atoms with Crippen molar-refractivity contribution in [3.8, 4) is 5.75 Å². The highest BCUT2D eigenvalue weighted by atomic mass is 35.5. The van der Waals surface area contributed by atoms with Gasteiger partial charge in [-0.1, -0.05) is 17.7 Å². The third-order valence-electron chi connectivity index (χ3n) is 5.13. The Bertz CT molecular complexity index is 1100. The lowest BCUT2D eigenvalue weighted by Gasteiger charge is -2.39. The van der Waals surface area contributed by atoms with Gasteiger partial charge in [0.2, 0.25) is 0 Å². The number of carbonyl (C=O) groups excluding carboxylic acids is 1. The van der Waals surface area contributed by atoms with Gasteiger partial charge in [-0.3, -0.25) is 14.2 Å². The van der Waals surface area contributed by atoms with Gasteiger partial charge < -0.3 is 9.64 Å². The molecular formula is C21H23ClF2N2O5S. The Hall–Kier alpha value is -2.27. The molecule has 0 aliphatic carbocycles. The van der Waals surface area contributed by atoms with Crippen molar-refractivity contribution in [2.24, 2.45) is 0 Å². The smallest absolute Gasteiger partial charge is 0.269 e. The molecule has 1 fully saturated rings. The topological polar surface area (TPSA) is 87.2 Å². The van der Waals surface area contributed by atoms with Crippen molar-refractivity contribution in [1.82, 2.24) is 9.80 Å². The van der Waals surface area contributed by atoms with Gasteiger partial charge in [-0.15, -0.1) is 0 Å². The van der Waals surface area contributed by atoms with E-state index >= 15 is 0 Å². The summed E-state index contributed by atoms with van der Waals surface area (Å²) in [5, 5.41) is 0.271. The maximum absolute atomic E-state index is 13.4. The fourth-order valence-electron chi connectivity index (χ4n) is 3.66. The van der Waals surface area contributed by atoms with E-state index < -0.39 is 27.5 Å². The second-order valence-corrected chi connectivity index (χ2v) is 9.58. The second-order valence-electron chi connectivity index (χ2n) is 7.69. The molecule has 1 saturated heterocycles. The Kier molecular flexibility index (Phi) is 7.71. The number of nitrogens with zero attached hydrogens (tertiary/aromatic N) is 2. The normalized spacial score (nSPS) is 17.4. The highest BCUT2D eigenvalue weighted by molar-refractivity contribution is 7.85. The second kappa shape index (κ2) is 10.1. The van der Waals surface area contributed by atoms with Gasteiger partial charge in [-0.05, 0) is 42.8 Å². The van der Waals surface area contributed by atoms with E-state index in [0.717, 1.165) is 6.07 Å². The highest BCUT2D eigenvalue weighted by Crippen LogP contribution is 2.25. The monoisotopic (exact) mass is 488 g/mol. The van der Waals surface area contributed by atoms with Crippen molar-refractivity contribution >= 4 is 27.6 Å². The summed E-state index contributed by atoms with van der Waals surface area (Å²) < 4.78 is 63.6. The Balaban J connectivity index is 1.57. The van der Waals surface area contributed by atoms with E-state index in [1.54, 1.807) is 4.90 Å². The average molecular weight is 489 g/mol. The summed E-state index contributed by atoms with van der Waals surface area (Å²) in [6.07, 6.45) is 0. The van der Waals surface area contributed by atoms with Crippen LogP contribution in [0.2, 0.25) is 5.02 Å².